The van der Waals surface area contributed by atoms with Gasteiger partial charge < -0.3 is 4.74 Å². The molecule has 1 aliphatic carbocycles. The highest BCUT2D eigenvalue weighted by Gasteiger charge is 2.53. The molecule has 200 valence electrons. The molecule has 1 saturated carbocycles. The number of hydrazine groups is 1. The number of ketones is 1. The highest BCUT2D eigenvalue weighted by atomic mass is 35.5. The second-order valence-corrected chi connectivity index (χ2v) is 11.1. The molecule has 39 heavy (non-hydrogen) atoms. The number of hydrogen-bond donors (Lipinski definition) is 0. The molecule has 1 aromatic heterocycles. The molecule has 8 nitrogen and oxygen atoms in total. The Balaban J connectivity index is 1.40. The quantitative estimate of drug-likeness (QED) is 0.167. The summed E-state index contributed by atoms with van der Waals surface area (Å²) in [5, 5.41) is 3.68. The molecule has 0 bridgehead atoms. The van der Waals surface area contributed by atoms with E-state index in [1.807, 2.05) is 6.92 Å². The molecule has 5 rings (SSSR count). The summed E-state index contributed by atoms with van der Waals surface area (Å²) in [5.74, 6) is -3.18. The number of carbonyl (C=O) groups is 5. The second kappa shape index (κ2) is 11.1. The van der Waals surface area contributed by atoms with E-state index < -0.39 is 47.9 Å². The third kappa shape index (κ3) is 5.37. The van der Waals surface area contributed by atoms with Crippen LogP contribution in [0.25, 0.3) is 0 Å². The molecule has 0 radical (unpaired) electrons. The largest absolute Gasteiger partial charge is 0.422 e. The zero-order valence-corrected chi connectivity index (χ0v) is 22.6. The van der Waals surface area contributed by atoms with Crippen LogP contribution in [0.3, 0.4) is 0 Å². The van der Waals surface area contributed by atoms with E-state index in [0.717, 1.165) is 16.4 Å². The van der Waals surface area contributed by atoms with E-state index >= 15 is 0 Å². The summed E-state index contributed by atoms with van der Waals surface area (Å²) in [7, 11) is 0. The van der Waals surface area contributed by atoms with Crippen molar-refractivity contribution in [2.45, 2.75) is 26.2 Å². The number of nitrogens with zero attached hydrogens (tertiary/aromatic N) is 2. The number of thiophene rings is 1. The minimum atomic E-state index is -0.719. The number of rotatable bonds is 7. The van der Waals surface area contributed by atoms with Gasteiger partial charge in [-0.05, 0) is 73.0 Å². The van der Waals surface area contributed by atoms with Crippen molar-refractivity contribution in [1.29, 1.82) is 0 Å². The molecule has 2 aromatic carbocycles. The smallest absolute Gasteiger partial charge is 0.353 e. The van der Waals surface area contributed by atoms with Crippen LogP contribution in [0.15, 0.2) is 66.0 Å². The third-order valence-corrected chi connectivity index (χ3v) is 8.33. The van der Waals surface area contributed by atoms with Gasteiger partial charge in [0.1, 0.15) is 17.2 Å². The molecule has 3 aromatic rings. The Kier molecular flexibility index (Phi) is 7.63. The molecule has 2 heterocycles. The van der Waals surface area contributed by atoms with Crippen molar-refractivity contribution in [3.63, 3.8) is 0 Å². The first-order chi connectivity index (χ1) is 18.7. The van der Waals surface area contributed by atoms with Crippen LogP contribution in [0.5, 0.6) is 5.75 Å². The lowest BCUT2D eigenvalue weighted by Crippen LogP contribution is -2.52. The molecule has 2 aliphatic rings. The van der Waals surface area contributed by atoms with Crippen LogP contribution in [0.1, 0.15) is 56.6 Å². The van der Waals surface area contributed by atoms with Crippen LogP contribution < -0.4 is 4.74 Å². The molecule has 0 N–H and O–H groups in total. The number of esters is 1. The molecular formula is C29H25ClN2O6S. The van der Waals surface area contributed by atoms with Gasteiger partial charge in [0.2, 0.25) is 0 Å². The standard InChI is InChI=1S/C29H25ClN2O6S/c1-17-8-13-20-22(15-17)28(36)32(27(20)35)31(26(34)21-5-2-3-6-23(21)30)16-24(33)18-9-11-19(12-10-18)38-29(37)25-7-4-14-39-25/h2-7,9-12,14,17,20,22H,8,13,15-16H2,1H3/t17-,20-,22-/m1/s1. The number of imide groups is 1. The Morgan fingerprint density at radius 1 is 0.974 bits per heavy atom. The van der Waals surface area contributed by atoms with Gasteiger partial charge in [-0.2, -0.15) is 5.01 Å². The lowest BCUT2D eigenvalue weighted by molar-refractivity contribution is -0.154. The maximum atomic E-state index is 13.7. The number of ether oxygens (including phenoxy) is 1. The topological polar surface area (TPSA) is 101 Å². The van der Waals surface area contributed by atoms with E-state index in [1.54, 1.807) is 29.6 Å². The number of amides is 3. The van der Waals surface area contributed by atoms with Gasteiger partial charge in [-0.15, -0.1) is 11.3 Å². The average Bonchev–Trinajstić information content (AvgIpc) is 3.55. The zero-order chi connectivity index (χ0) is 27.7. The molecule has 1 aliphatic heterocycles. The Hall–Kier alpha value is -3.82. The van der Waals surface area contributed by atoms with Gasteiger partial charge in [0.25, 0.3) is 17.7 Å². The Morgan fingerprint density at radius 2 is 1.69 bits per heavy atom. The van der Waals surface area contributed by atoms with E-state index in [-0.39, 0.29) is 27.8 Å². The monoisotopic (exact) mass is 564 g/mol. The minimum absolute atomic E-state index is 0.0756. The number of carbonyl (C=O) groups excluding carboxylic acids is 5. The summed E-state index contributed by atoms with van der Waals surface area (Å²) in [5.41, 5.74) is 0.291. The van der Waals surface area contributed by atoms with Crippen molar-refractivity contribution >= 4 is 52.4 Å². The van der Waals surface area contributed by atoms with E-state index in [0.29, 0.717) is 17.7 Å². The van der Waals surface area contributed by atoms with Crippen molar-refractivity contribution < 1.29 is 28.7 Å². The van der Waals surface area contributed by atoms with Crippen LogP contribution in [0, 0.1) is 17.8 Å². The third-order valence-electron chi connectivity index (χ3n) is 7.15. The van der Waals surface area contributed by atoms with Crippen molar-refractivity contribution in [2.24, 2.45) is 17.8 Å². The van der Waals surface area contributed by atoms with Gasteiger partial charge in [-0.3, -0.25) is 19.2 Å². The maximum Gasteiger partial charge on any atom is 0.353 e. The normalized spacial score (nSPS) is 20.5. The number of benzene rings is 2. The Morgan fingerprint density at radius 3 is 2.38 bits per heavy atom. The summed E-state index contributed by atoms with van der Waals surface area (Å²) in [6.45, 7) is 1.49. The van der Waals surface area contributed by atoms with E-state index in [1.165, 1.54) is 47.7 Å². The fourth-order valence-corrected chi connectivity index (χ4v) is 5.92. The summed E-state index contributed by atoms with van der Waals surface area (Å²) >= 11 is 7.52. The average molecular weight is 565 g/mol. The Bertz CT molecular complexity index is 1440. The van der Waals surface area contributed by atoms with Crippen molar-refractivity contribution in [3.05, 3.63) is 87.1 Å². The number of fused-ring (bicyclic) bond motifs is 1. The van der Waals surface area contributed by atoms with Gasteiger partial charge in [0.15, 0.2) is 5.78 Å². The van der Waals surface area contributed by atoms with E-state index in [4.69, 9.17) is 16.3 Å². The molecule has 2 fully saturated rings. The summed E-state index contributed by atoms with van der Waals surface area (Å²) < 4.78 is 5.34. The van der Waals surface area contributed by atoms with Crippen LogP contribution in [-0.4, -0.2) is 46.0 Å². The summed E-state index contributed by atoms with van der Waals surface area (Å²) in [4.78, 5) is 66.5. The van der Waals surface area contributed by atoms with Gasteiger partial charge in [0, 0.05) is 5.56 Å². The zero-order valence-electron chi connectivity index (χ0n) is 21.0. The first-order valence-electron chi connectivity index (χ1n) is 12.6. The molecule has 0 spiro atoms. The number of hydrogen-bond acceptors (Lipinski definition) is 7. The van der Waals surface area contributed by atoms with Crippen LogP contribution >= 0.6 is 22.9 Å². The fraction of sp³-hybridized carbons (Fsp3) is 0.276. The second-order valence-electron chi connectivity index (χ2n) is 9.78. The predicted octanol–water partition coefficient (Wildman–Crippen LogP) is 5.28. The van der Waals surface area contributed by atoms with Gasteiger partial charge in [-0.1, -0.05) is 36.7 Å². The molecule has 0 unspecified atom stereocenters. The predicted molar refractivity (Wildman–Crippen MR) is 144 cm³/mol. The van der Waals surface area contributed by atoms with Crippen molar-refractivity contribution in [1.82, 2.24) is 10.0 Å². The minimum Gasteiger partial charge on any atom is -0.422 e. The molecule has 1 saturated heterocycles. The molecule has 10 heteroatoms. The van der Waals surface area contributed by atoms with Crippen LogP contribution in [0.2, 0.25) is 5.02 Å². The number of Topliss-reactive ketones (excluding diaryl/α,β-unsaturated/α-hetero) is 1. The summed E-state index contributed by atoms with van der Waals surface area (Å²) in [6.07, 6.45) is 1.93. The van der Waals surface area contributed by atoms with Gasteiger partial charge >= 0.3 is 5.97 Å². The van der Waals surface area contributed by atoms with Crippen molar-refractivity contribution in [2.75, 3.05) is 6.54 Å². The SMILES string of the molecule is C[C@@H]1CC[C@H]2C(=O)N(N(CC(=O)c3ccc(OC(=O)c4cccs4)cc3)C(=O)c3ccccc3Cl)C(=O)[C@@H]2C1. The summed E-state index contributed by atoms with van der Waals surface area (Å²) in [6, 6.07) is 15.5. The Labute approximate surface area is 234 Å². The van der Waals surface area contributed by atoms with Crippen molar-refractivity contribution in [3.8, 4) is 5.75 Å². The van der Waals surface area contributed by atoms with Crippen LogP contribution in [-0.2, 0) is 9.59 Å². The molecule has 3 atom stereocenters. The fourth-order valence-electron chi connectivity index (χ4n) is 5.11. The lowest BCUT2D eigenvalue weighted by atomic mass is 9.76. The van der Waals surface area contributed by atoms with E-state index in [2.05, 4.69) is 0 Å². The highest BCUT2D eigenvalue weighted by Crippen LogP contribution is 2.41. The number of halogens is 1. The van der Waals surface area contributed by atoms with Crippen LogP contribution in [0.4, 0.5) is 0 Å². The van der Waals surface area contributed by atoms with E-state index in [9.17, 15) is 24.0 Å². The lowest BCUT2D eigenvalue weighted by Gasteiger charge is -2.30. The maximum absolute atomic E-state index is 13.7. The molecular weight excluding hydrogens is 540 g/mol. The van der Waals surface area contributed by atoms with Gasteiger partial charge in [0.05, 0.1) is 22.4 Å². The van der Waals surface area contributed by atoms with Gasteiger partial charge in [-0.25, -0.2) is 9.80 Å². The first kappa shape index (κ1) is 26.8. The highest BCUT2D eigenvalue weighted by molar-refractivity contribution is 7.12. The first-order valence-corrected chi connectivity index (χ1v) is 13.8. The molecule has 3 amide bonds.